The topological polar surface area (TPSA) is 49.4 Å². The van der Waals surface area contributed by atoms with Gasteiger partial charge in [0.2, 0.25) is 0 Å². The van der Waals surface area contributed by atoms with E-state index >= 15 is 0 Å². The Labute approximate surface area is 140 Å². The van der Waals surface area contributed by atoms with Gasteiger partial charge in [0.05, 0.1) is 6.54 Å². The Kier molecular flexibility index (Phi) is 3.86. The number of carbonyl (C=O) groups excluding carboxylic acids is 2. The summed E-state index contributed by atoms with van der Waals surface area (Å²) in [6.07, 6.45) is 0. The number of benzene rings is 2. The molecule has 1 fully saturated rings. The van der Waals surface area contributed by atoms with Crippen molar-refractivity contribution in [3.8, 4) is 0 Å². The lowest BCUT2D eigenvalue weighted by Crippen LogP contribution is -2.41. The van der Waals surface area contributed by atoms with E-state index in [9.17, 15) is 9.59 Å². The van der Waals surface area contributed by atoms with Gasteiger partial charge >= 0.3 is 6.03 Å². The first-order valence-corrected chi connectivity index (χ1v) is 7.74. The fourth-order valence-corrected chi connectivity index (χ4v) is 3.21. The van der Waals surface area contributed by atoms with Gasteiger partial charge in [-0.3, -0.25) is 9.69 Å². The van der Waals surface area contributed by atoms with E-state index in [0.717, 1.165) is 11.1 Å². The number of nitrogens with zero attached hydrogens (tertiary/aromatic N) is 1. The number of hydrogen-bond donors (Lipinski definition) is 1. The molecular formula is C18H17ClN2O2. The highest BCUT2D eigenvalue weighted by Gasteiger charge is 2.49. The van der Waals surface area contributed by atoms with Crippen molar-refractivity contribution in [1.82, 2.24) is 10.2 Å². The van der Waals surface area contributed by atoms with Gasteiger partial charge in [-0.15, -0.1) is 0 Å². The Balaban J connectivity index is 1.92. The largest absolute Gasteiger partial charge is 0.325 e. The van der Waals surface area contributed by atoms with Crippen molar-refractivity contribution in [3.63, 3.8) is 0 Å². The minimum absolute atomic E-state index is 0.242. The van der Waals surface area contributed by atoms with Gasteiger partial charge in [0.1, 0.15) is 5.54 Å². The molecule has 0 aliphatic carbocycles. The predicted octanol–water partition coefficient (Wildman–Crippen LogP) is 3.62. The third kappa shape index (κ3) is 2.70. The zero-order chi connectivity index (χ0) is 16.6. The average Bonchev–Trinajstić information content (AvgIpc) is 2.72. The summed E-state index contributed by atoms with van der Waals surface area (Å²) >= 11 is 6.21. The molecule has 4 nitrogen and oxygen atoms in total. The second kappa shape index (κ2) is 5.70. The average molecular weight is 329 g/mol. The molecule has 1 atom stereocenters. The molecule has 1 saturated heterocycles. The number of nitrogens with one attached hydrogen (secondary N) is 1. The summed E-state index contributed by atoms with van der Waals surface area (Å²) in [6, 6.07) is 14.4. The molecule has 118 valence electrons. The highest BCUT2D eigenvalue weighted by atomic mass is 35.5. The second-order valence-corrected chi connectivity index (χ2v) is 6.32. The van der Waals surface area contributed by atoms with Crippen LogP contribution in [0, 0.1) is 6.92 Å². The molecule has 1 heterocycles. The fraction of sp³-hybridized carbons (Fsp3) is 0.222. The molecule has 1 N–H and O–H groups in total. The molecule has 0 spiro atoms. The molecule has 1 aliphatic heterocycles. The number of aryl methyl sites for hydroxylation is 1. The summed E-state index contributed by atoms with van der Waals surface area (Å²) in [7, 11) is 0. The van der Waals surface area contributed by atoms with Crippen LogP contribution in [0.5, 0.6) is 0 Å². The normalized spacial score (nSPS) is 20.7. The van der Waals surface area contributed by atoms with Crippen molar-refractivity contribution in [2.75, 3.05) is 0 Å². The van der Waals surface area contributed by atoms with Crippen LogP contribution in [0.25, 0.3) is 0 Å². The lowest BCUT2D eigenvalue weighted by atomic mass is 9.92. The Morgan fingerprint density at radius 1 is 1.13 bits per heavy atom. The zero-order valence-corrected chi connectivity index (χ0v) is 13.7. The first kappa shape index (κ1) is 15.6. The van der Waals surface area contributed by atoms with Crippen molar-refractivity contribution in [2.45, 2.75) is 25.9 Å². The molecule has 3 rings (SSSR count). The van der Waals surface area contributed by atoms with E-state index in [0.29, 0.717) is 10.6 Å². The molecule has 23 heavy (non-hydrogen) atoms. The van der Waals surface area contributed by atoms with E-state index in [2.05, 4.69) is 5.32 Å². The van der Waals surface area contributed by atoms with Crippen LogP contribution in [0.2, 0.25) is 5.02 Å². The Hall–Kier alpha value is -2.33. The number of amides is 3. The van der Waals surface area contributed by atoms with Gasteiger partial charge in [-0.2, -0.15) is 0 Å². The maximum Gasteiger partial charge on any atom is 0.325 e. The molecule has 0 bridgehead atoms. The van der Waals surface area contributed by atoms with Gasteiger partial charge in [0.15, 0.2) is 0 Å². The molecule has 0 radical (unpaired) electrons. The van der Waals surface area contributed by atoms with Crippen molar-refractivity contribution in [3.05, 3.63) is 70.2 Å². The third-order valence-corrected chi connectivity index (χ3v) is 4.44. The van der Waals surface area contributed by atoms with Crippen LogP contribution < -0.4 is 5.32 Å². The lowest BCUT2D eigenvalue weighted by molar-refractivity contribution is -0.131. The highest BCUT2D eigenvalue weighted by Crippen LogP contribution is 2.33. The second-order valence-electron chi connectivity index (χ2n) is 5.92. The molecule has 0 aromatic heterocycles. The highest BCUT2D eigenvalue weighted by molar-refractivity contribution is 6.32. The number of carbonyl (C=O) groups is 2. The van der Waals surface area contributed by atoms with Crippen molar-refractivity contribution in [1.29, 1.82) is 0 Å². The van der Waals surface area contributed by atoms with E-state index in [1.165, 1.54) is 4.90 Å². The van der Waals surface area contributed by atoms with Crippen LogP contribution in [0.1, 0.15) is 23.6 Å². The predicted molar refractivity (Wildman–Crippen MR) is 89.1 cm³/mol. The third-order valence-electron chi connectivity index (χ3n) is 4.11. The van der Waals surface area contributed by atoms with E-state index < -0.39 is 11.6 Å². The number of halogens is 1. The lowest BCUT2D eigenvalue weighted by Gasteiger charge is -2.23. The number of urea groups is 1. The molecule has 3 amide bonds. The van der Waals surface area contributed by atoms with Gasteiger partial charge < -0.3 is 5.32 Å². The molecule has 2 aromatic rings. The Morgan fingerprint density at radius 2 is 1.87 bits per heavy atom. The maximum absolute atomic E-state index is 12.9. The molecule has 0 unspecified atom stereocenters. The molecule has 2 aromatic carbocycles. The van der Waals surface area contributed by atoms with Crippen molar-refractivity contribution < 1.29 is 9.59 Å². The van der Waals surface area contributed by atoms with Crippen LogP contribution >= 0.6 is 11.6 Å². The van der Waals surface area contributed by atoms with Crippen molar-refractivity contribution in [2.24, 2.45) is 0 Å². The Morgan fingerprint density at radius 3 is 2.57 bits per heavy atom. The van der Waals surface area contributed by atoms with E-state index in [4.69, 9.17) is 11.6 Å². The van der Waals surface area contributed by atoms with Gasteiger partial charge in [0, 0.05) is 10.6 Å². The molecular weight excluding hydrogens is 312 g/mol. The number of hydrogen-bond acceptors (Lipinski definition) is 2. The minimum Gasteiger partial charge on any atom is -0.319 e. The van der Waals surface area contributed by atoms with Gasteiger partial charge in [-0.25, -0.2) is 4.79 Å². The monoisotopic (exact) mass is 328 g/mol. The first-order valence-electron chi connectivity index (χ1n) is 7.36. The molecule has 1 aliphatic rings. The SMILES string of the molecule is Cc1cccc(CN2C(=O)N[C@@](C)(c3ccccc3Cl)C2=O)c1. The number of rotatable bonds is 3. The van der Waals surface area contributed by atoms with Crippen molar-refractivity contribution >= 4 is 23.5 Å². The maximum atomic E-state index is 12.9. The summed E-state index contributed by atoms with van der Waals surface area (Å²) in [6.45, 7) is 3.90. The zero-order valence-electron chi connectivity index (χ0n) is 13.0. The molecule has 5 heteroatoms. The fourth-order valence-electron chi connectivity index (χ4n) is 2.88. The van der Waals surface area contributed by atoms with Crippen LogP contribution in [0.3, 0.4) is 0 Å². The first-order chi connectivity index (χ1) is 10.9. The quantitative estimate of drug-likeness (QED) is 0.875. The van der Waals surface area contributed by atoms with E-state index in [1.54, 1.807) is 31.2 Å². The smallest absolute Gasteiger partial charge is 0.319 e. The van der Waals surface area contributed by atoms with Crippen LogP contribution in [-0.2, 0) is 16.9 Å². The Bertz CT molecular complexity index is 790. The van der Waals surface area contributed by atoms with E-state index in [1.807, 2.05) is 31.2 Å². The standard InChI is InChI=1S/C18H17ClN2O2/c1-12-6-5-7-13(10-12)11-21-16(22)18(2,20-17(21)23)14-8-3-4-9-15(14)19/h3-10H,11H2,1-2H3,(H,20,23)/t18-/m0/s1. The van der Waals surface area contributed by atoms with Gasteiger partial charge in [-0.1, -0.05) is 59.6 Å². The molecule has 0 saturated carbocycles. The van der Waals surface area contributed by atoms with E-state index in [-0.39, 0.29) is 12.5 Å². The van der Waals surface area contributed by atoms with Crippen LogP contribution in [0.4, 0.5) is 4.79 Å². The minimum atomic E-state index is -1.14. The number of imide groups is 1. The van der Waals surface area contributed by atoms with Crippen LogP contribution in [-0.4, -0.2) is 16.8 Å². The summed E-state index contributed by atoms with van der Waals surface area (Å²) in [4.78, 5) is 26.4. The summed E-state index contributed by atoms with van der Waals surface area (Å²) < 4.78 is 0. The summed E-state index contributed by atoms with van der Waals surface area (Å²) in [5.41, 5.74) is 1.46. The van der Waals surface area contributed by atoms with Crippen LogP contribution in [0.15, 0.2) is 48.5 Å². The van der Waals surface area contributed by atoms with Gasteiger partial charge in [-0.05, 0) is 25.5 Å². The van der Waals surface area contributed by atoms with Gasteiger partial charge in [0.25, 0.3) is 5.91 Å². The summed E-state index contributed by atoms with van der Waals surface area (Å²) in [5, 5.41) is 3.23. The summed E-state index contributed by atoms with van der Waals surface area (Å²) in [5.74, 6) is -0.294.